The van der Waals surface area contributed by atoms with Gasteiger partial charge in [-0.2, -0.15) is 0 Å². The molecule has 16 heavy (non-hydrogen) atoms. The average molecular weight is 213 g/mol. The van der Waals surface area contributed by atoms with Crippen molar-refractivity contribution in [2.45, 2.75) is 13.8 Å². The van der Waals surface area contributed by atoms with E-state index >= 15 is 0 Å². The number of benzene rings is 1. The van der Waals surface area contributed by atoms with Crippen LogP contribution in [-0.2, 0) is 0 Å². The van der Waals surface area contributed by atoms with Gasteiger partial charge in [0.2, 0.25) is 0 Å². The molecule has 0 aromatic heterocycles. The normalized spacial score (nSPS) is 12.4. The first kappa shape index (κ1) is 12.3. The van der Waals surface area contributed by atoms with Crippen LogP contribution in [-0.4, -0.2) is 7.05 Å². The van der Waals surface area contributed by atoms with E-state index in [1.54, 1.807) is 0 Å². The Morgan fingerprint density at radius 2 is 1.81 bits per heavy atom. The van der Waals surface area contributed by atoms with Gasteiger partial charge in [0, 0.05) is 7.05 Å². The van der Waals surface area contributed by atoms with Gasteiger partial charge in [0.05, 0.1) is 0 Å². The van der Waals surface area contributed by atoms with Crippen LogP contribution in [0.3, 0.4) is 0 Å². The largest absolute Gasteiger partial charge is 0.394 e. The van der Waals surface area contributed by atoms with Gasteiger partial charge in [0.25, 0.3) is 0 Å². The second kappa shape index (κ2) is 5.96. The lowest BCUT2D eigenvalue weighted by atomic mass is 9.99. The summed E-state index contributed by atoms with van der Waals surface area (Å²) in [6.45, 7) is 8.28. The van der Waals surface area contributed by atoms with E-state index in [4.69, 9.17) is 0 Å². The summed E-state index contributed by atoms with van der Waals surface area (Å²) in [7, 11) is 1.90. The predicted octanol–water partition coefficient (Wildman–Crippen LogP) is 3.77. The van der Waals surface area contributed by atoms with Crippen molar-refractivity contribution in [3.63, 3.8) is 0 Å². The van der Waals surface area contributed by atoms with Crippen LogP contribution in [0.1, 0.15) is 19.4 Å². The molecule has 1 aromatic carbocycles. The summed E-state index contributed by atoms with van der Waals surface area (Å²) < 4.78 is 0. The maximum absolute atomic E-state index is 4.12. The minimum absolute atomic E-state index is 1.07. The fraction of sp³-hybridized carbons (Fsp3) is 0.200. The van der Waals surface area contributed by atoms with Gasteiger partial charge in [-0.05, 0) is 42.3 Å². The van der Waals surface area contributed by atoms with E-state index < -0.39 is 0 Å². The smallest absolute Gasteiger partial charge is 0.00277 e. The highest BCUT2D eigenvalue weighted by Crippen LogP contribution is 2.21. The van der Waals surface area contributed by atoms with Crippen LogP contribution < -0.4 is 5.32 Å². The number of rotatable bonds is 4. The van der Waals surface area contributed by atoms with Gasteiger partial charge in [-0.25, -0.2) is 0 Å². The number of hydrogen-bond acceptors (Lipinski definition) is 1. The van der Waals surface area contributed by atoms with Crippen molar-refractivity contribution in [2.24, 2.45) is 0 Å². The molecule has 1 nitrogen and oxygen atoms in total. The van der Waals surface area contributed by atoms with E-state index in [9.17, 15) is 0 Å². The first-order chi connectivity index (χ1) is 7.65. The summed E-state index contributed by atoms with van der Waals surface area (Å²) in [5.74, 6) is 0. The Labute approximate surface area is 98.2 Å². The SMILES string of the molecule is C=C(/C(C)=C\C(C)=C/NC)c1ccccc1. The van der Waals surface area contributed by atoms with Crippen molar-refractivity contribution in [3.8, 4) is 0 Å². The standard InChI is InChI=1S/C15H19N/c1-12(11-16-4)10-13(2)14(3)15-8-6-5-7-9-15/h5-11,16H,3H2,1-2,4H3/b12-11-,13-10-. The van der Waals surface area contributed by atoms with Gasteiger partial charge < -0.3 is 5.32 Å². The molecule has 1 rings (SSSR count). The Bertz CT molecular complexity index is 410. The molecular formula is C15H19N. The van der Waals surface area contributed by atoms with Crippen molar-refractivity contribution < 1.29 is 0 Å². The van der Waals surface area contributed by atoms with Crippen molar-refractivity contribution in [1.82, 2.24) is 5.32 Å². The van der Waals surface area contributed by atoms with E-state index in [0.29, 0.717) is 0 Å². The first-order valence-electron chi connectivity index (χ1n) is 5.42. The molecule has 0 atom stereocenters. The second-order valence-corrected chi connectivity index (χ2v) is 3.85. The fourth-order valence-electron chi connectivity index (χ4n) is 1.56. The van der Waals surface area contributed by atoms with Crippen molar-refractivity contribution in [3.05, 3.63) is 65.9 Å². The third-order valence-corrected chi connectivity index (χ3v) is 2.41. The average Bonchev–Trinajstić information content (AvgIpc) is 2.29. The minimum Gasteiger partial charge on any atom is -0.394 e. The Morgan fingerprint density at radius 1 is 1.19 bits per heavy atom. The van der Waals surface area contributed by atoms with Crippen molar-refractivity contribution in [1.29, 1.82) is 0 Å². The molecule has 0 spiro atoms. The highest BCUT2D eigenvalue weighted by Gasteiger charge is 1.99. The Balaban J connectivity index is 2.87. The molecule has 1 aromatic rings. The molecule has 0 aliphatic carbocycles. The van der Waals surface area contributed by atoms with Gasteiger partial charge in [-0.15, -0.1) is 0 Å². The maximum atomic E-state index is 4.12. The summed E-state index contributed by atoms with van der Waals surface area (Å²) in [4.78, 5) is 0. The minimum atomic E-state index is 1.07. The van der Waals surface area contributed by atoms with Crippen molar-refractivity contribution in [2.75, 3.05) is 7.05 Å². The Kier molecular flexibility index (Phi) is 4.59. The van der Waals surface area contributed by atoms with E-state index in [1.165, 1.54) is 16.7 Å². The molecule has 84 valence electrons. The van der Waals surface area contributed by atoms with E-state index in [1.807, 2.05) is 31.4 Å². The zero-order chi connectivity index (χ0) is 12.0. The van der Waals surface area contributed by atoms with E-state index in [0.717, 1.165) is 5.57 Å². The van der Waals surface area contributed by atoms with Gasteiger partial charge >= 0.3 is 0 Å². The van der Waals surface area contributed by atoms with Gasteiger partial charge in [0.15, 0.2) is 0 Å². The number of hydrogen-bond donors (Lipinski definition) is 1. The summed E-state index contributed by atoms with van der Waals surface area (Å²) in [5.41, 5.74) is 4.63. The summed E-state index contributed by atoms with van der Waals surface area (Å²) >= 11 is 0. The molecule has 0 saturated heterocycles. The highest BCUT2D eigenvalue weighted by molar-refractivity contribution is 5.77. The third-order valence-electron chi connectivity index (χ3n) is 2.41. The van der Waals surface area contributed by atoms with Gasteiger partial charge in [0.1, 0.15) is 0 Å². The lowest BCUT2D eigenvalue weighted by molar-refractivity contribution is 1.08. The molecule has 0 radical (unpaired) electrons. The topological polar surface area (TPSA) is 12.0 Å². The first-order valence-corrected chi connectivity index (χ1v) is 5.42. The summed E-state index contributed by atoms with van der Waals surface area (Å²) in [6, 6.07) is 10.2. The molecule has 1 N–H and O–H groups in total. The second-order valence-electron chi connectivity index (χ2n) is 3.85. The quantitative estimate of drug-likeness (QED) is 0.751. The molecule has 0 aliphatic rings. The summed E-state index contributed by atoms with van der Waals surface area (Å²) in [6.07, 6.45) is 4.10. The molecule has 1 heteroatoms. The van der Waals surface area contributed by atoms with E-state index in [2.05, 4.69) is 44.0 Å². The maximum Gasteiger partial charge on any atom is 0.00277 e. The van der Waals surface area contributed by atoms with Crippen LogP contribution in [0.15, 0.2) is 60.3 Å². The molecule has 0 heterocycles. The summed E-state index contributed by atoms with van der Waals surface area (Å²) in [5, 5.41) is 3.02. The fourth-order valence-corrected chi connectivity index (χ4v) is 1.56. The third kappa shape index (κ3) is 3.43. The molecule has 0 bridgehead atoms. The number of nitrogens with one attached hydrogen (secondary N) is 1. The van der Waals surface area contributed by atoms with Crippen LogP contribution in [0.4, 0.5) is 0 Å². The molecule has 0 unspecified atom stereocenters. The number of allylic oxidation sites excluding steroid dienone is 4. The van der Waals surface area contributed by atoms with Crippen molar-refractivity contribution >= 4 is 5.57 Å². The zero-order valence-electron chi connectivity index (χ0n) is 10.2. The predicted molar refractivity (Wildman–Crippen MR) is 72.0 cm³/mol. The van der Waals surface area contributed by atoms with Crippen LogP contribution in [0.5, 0.6) is 0 Å². The molecule has 0 aliphatic heterocycles. The zero-order valence-corrected chi connectivity index (χ0v) is 10.2. The molecule has 0 fully saturated rings. The Hall–Kier alpha value is -1.76. The van der Waals surface area contributed by atoms with Gasteiger partial charge in [-0.3, -0.25) is 0 Å². The van der Waals surface area contributed by atoms with Gasteiger partial charge in [-0.1, -0.05) is 43.0 Å². The molecular weight excluding hydrogens is 194 g/mol. The molecule has 0 saturated carbocycles. The highest BCUT2D eigenvalue weighted by atomic mass is 14.8. The van der Waals surface area contributed by atoms with Crippen LogP contribution in [0.25, 0.3) is 5.57 Å². The lowest BCUT2D eigenvalue weighted by Gasteiger charge is -2.06. The monoisotopic (exact) mass is 213 g/mol. The van der Waals surface area contributed by atoms with Crippen LogP contribution in [0.2, 0.25) is 0 Å². The Morgan fingerprint density at radius 3 is 2.38 bits per heavy atom. The van der Waals surface area contributed by atoms with E-state index in [-0.39, 0.29) is 0 Å². The van der Waals surface area contributed by atoms with Crippen LogP contribution in [0, 0.1) is 0 Å². The lowest BCUT2D eigenvalue weighted by Crippen LogP contribution is -1.94. The molecule has 0 amide bonds. The van der Waals surface area contributed by atoms with Crippen LogP contribution >= 0.6 is 0 Å².